The van der Waals surface area contributed by atoms with Crippen LogP contribution in [0.5, 0.6) is 5.75 Å². The Hall–Kier alpha value is -1.10. The molecular formula is C12H17NO3. The van der Waals surface area contributed by atoms with Crippen molar-refractivity contribution >= 4 is 0 Å². The van der Waals surface area contributed by atoms with E-state index in [-0.39, 0.29) is 18.4 Å². The van der Waals surface area contributed by atoms with E-state index >= 15 is 0 Å². The van der Waals surface area contributed by atoms with Gasteiger partial charge in [-0.1, -0.05) is 12.1 Å². The number of rotatable bonds is 4. The van der Waals surface area contributed by atoms with E-state index < -0.39 is 0 Å². The van der Waals surface area contributed by atoms with Crippen LogP contribution in [0.25, 0.3) is 0 Å². The second kappa shape index (κ2) is 4.05. The van der Waals surface area contributed by atoms with Crippen molar-refractivity contribution in [2.75, 3.05) is 13.7 Å². The minimum absolute atomic E-state index is 0.0481. The first-order chi connectivity index (χ1) is 7.58. The zero-order valence-corrected chi connectivity index (χ0v) is 9.80. The topological polar surface area (TPSA) is 45.0 Å². The molecule has 16 heavy (non-hydrogen) atoms. The fourth-order valence-electron chi connectivity index (χ4n) is 1.57. The summed E-state index contributed by atoms with van der Waals surface area (Å²) in [5.74, 6) is 0.831. The Morgan fingerprint density at radius 2 is 2.00 bits per heavy atom. The maximum absolute atomic E-state index is 9.21. The lowest BCUT2D eigenvalue weighted by molar-refractivity contribution is 0.0395. The molecule has 1 fully saturated rings. The average Bonchev–Trinajstić information content (AvgIpc) is 3.10. The summed E-state index contributed by atoms with van der Waals surface area (Å²) >= 11 is 0. The molecule has 1 aliphatic heterocycles. The summed E-state index contributed by atoms with van der Waals surface area (Å²) in [6, 6.07) is 7.75. The molecule has 1 heterocycles. The van der Waals surface area contributed by atoms with Gasteiger partial charge in [0, 0.05) is 0 Å². The van der Waals surface area contributed by atoms with Crippen LogP contribution in [0.15, 0.2) is 24.3 Å². The maximum atomic E-state index is 9.21. The lowest BCUT2D eigenvalue weighted by atomic mass is 10.1. The molecule has 0 aliphatic carbocycles. The molecule has 2 rings (SSSR count). The molecule has 2 unspecified atom stereocenters. The van der Waals surface area contributed by atoms with E-state index in [1.165, 1.54) is 0 Å². The van der Waals surface area contributed by atoms with Crippen molar-refractivity contribution < 1.29 is 14.7 Å². The molecule has 0 bridgehead atoms. The first-order valence-corrected chi connectivity index (χ1v) is 5.29. The molecule has 1 N–H and O–H groups in total. The first-order valence-electron chi connectivity index (χ1n) is 5.29. The van der Waals surface area contributed by atoms with Crippen molar-refractivity contribution in [2.24, 2.45) is 0 Å². The van der Waals surface area contributed by atoms with Crippen LogP contribution >= 0.6 is 0 Å². The van der Waals surface area contributed by atoms with Crippen molar-refractivity contribution in [3.63, 3.8) is 0 Å². The summed E-state index contributed by atoms with van der Waals surface area (Å²) in [5, 5.41) is 11.0. The molecule has 4 nitrogen and oxygen atoms in total. The van der Waals surface area contributed by atoms with E-state index in [9.17, 15) is 5.11 Å². The Morgan fingerprint density at radius 1 is 1.38 bits per heavy atom. The highest BCUT2D eigenvalue weighted by atomic mass is 16.8. The van der Waals surface area contributed by atoms with E-state index in [0.29, 0.717) is 0 Å². The van der Waals surface area contributed by atoms with Gasteiger partial charge in [-0.05, 0) is 31.5 Å². The number of hydrogen-bond donors (Lipinski definition) is 1. The minimum atomic E-state index is -0.343. The number of aliphatic hydroxyl groups is 1. The van der Waals surface area contributed by atoms with Crippen LogP contribution in [0.2, 0.25) is 0 Å². The molecule has 0 amide bonds. The smallest absolute Gasteiger partial charge is 0.180 e. The first kappa shape index (κ1) is 11.4. The molecule has 0 radical (unpaired) electrons. The third kappa shape index (κ3) is 2.04. The summed E-state index contributed by atoms with van der Waals surface area (Å²) in [6.07, 6.45) is -0.0481. The minimum Gasteiger partial charge on any atom is -0.497 e. The van der Waals surface area contributed by atoms with Crippen LogP contribution in [-0.2, 0) is 4.84 Å². The van der Waals surface area contributed by atoms with E-state index in [4.69, 9.17) is 9.57 Å². The van der Waals surface area contributed by atoms with E-state index in [0.717, 1.165) is 11.3 Å². The number of hydroxylamine groups is 2. The highest BCUT2D eigenvalue weighted by Gasteiger charge is 2.47. The SMILES string of the molecule is COc1ccc(C2ON2C(C)(C)CO)cc1. The number of benzene rings is 1. The summed E-state index contributed by atoms with van der Waals surface area (Å²) in [7, 11) is 1.64. The normalized spacial score (nSPS) is 24.2. The Labute approximate surface area is 95.4 Å². The molecule has 88 valence electrons. The van der Waals surface area contributed by atoms with E-state index in [1.54, 1.807) is 12.2 Å². The van der Waals surface area contributed by atoms with Crippen LogP contribution in [0, 0.1) is 0 Å². The van der Waals surface area contributed by atoms with Gasteiger partial charge in [0.05, 0.1) is 19.3 Å². The second-order valence-electron chi connectivity index (χ2n) is 4.53. The number of nitrogens with zero attached hydrogens (tertiary/aromatic N) is 1. The van der Waals surface area contributed by atoms with Gasteiger partial charge in [-0.2, -0.15) is 0 Å². The molecular weight excluding hydrogens is 206 g/mol. The van der Waals surface area contributed by atoms with Crippen LogP contribution in [0.3, 0.4) is 0 Å². The predicted molar refractivity (Wildman–Crippen MR) is 59.8 cm³/mol. The molecule has 2 atom stereocenters. The van der Waals surface area contributed by atoms with Gasteiger partial charge in [0.2, 0.25) is 0 Å². The van der Waals surface area contributed by atoms with Gasteiger partial charge in [-0.25, -0.2) is 0 Å². The zero-order valence-electron chi connectivity index (χ0n) is 9.80. The standard InChI is InChI=1S/C12H17NO3/c1-12(2,8-14)13-11(16-13)9-4-6-10(15-3)7-5-9/h4-7,11,14H,8H2,1-3H3. The predicted octanol–water partition coefficient (Wildman–Crippen LogP) is 1.71. The highest BCUT2D eigenvalue weighted by molar-refractivity contribution is 5.29. The molecule has 1 aromatic carbocycles. The lowest BCUT2D eigenvalue weighted by Gasteiger charge is -2.20. The monoisotopic (exact) mass is 223 g/mol. The molecule has 0 saturated carbocycles. The quantitative estimate of drug-likeness (QED) is 0.789. The maximum Gasteiger partial charge on any atom is 0.180 e. The number of hydrogen-bond acceptors (Lipinski definition) is 4. The summed E-state index contributed by atoms with van der Waals surface area (Å²) < 4.78 is 5.09. The molecule has 4 heteroatoms. The van der Waals surface area contributed by atoms with Crippen molar-refractivity contribution in [3.05, 3.63) is 29.8 Å². The van der Waals surface area contributed by atoms with Gasteiger partial charge in [0.1, 0.15) is 5.75 Å². The van der Waals surface area contributed by atoms with Gasteiger partial charge < -0.3 is 9.84 Å². The third-order valence-electron chi connectivity index (χ3n) is 2.77. The molecule has 0 spiro atoms. The Morgan fingerprint density at radius 3 is 2.50 bits per heavy atom. The van der Waals surface area contributed by atoms with Crippen molar-refractivity contribution in [3.8, 4) is 5.75 Å². The van der Waals surface area contributed by atoms with Gasteiger partial charge >= 0.3 is 0 Å². The molecule has 1 saturated heterocycles. The van der Waals surface area contributed by atoms with E-state index in [1.807, 2.05) is 38.1 Å². The Bertz CT molecular complexity index is 361. The van der Waals surface area contributed by atoms with Gasteiger partial charge in [0.25, 0.3) is 0 Å². The van der Waals surface area contributed by atoms with Gasteiger partial charge in [-0.3, -0.25) is 4.84 Å². The van der Waals surface area contributed by atoms with Crippen molar-refractivity contribution in [1.82, 2.24) is 5.06 Å². The fraction of sp³-hybridized carbons (Fsp3) is 0.500. The Kier molecular flexibility index (Phi) is 2.88. The zero-order chi connectivity index (χ0) is 11.8. The van der Waals surface area contributed by atoms with Gasteiger partial charge in [0.15, 0.2) is 6.23 Å². The Balaban J connectivity index is 2.06. The molecule has 0 aromatic heterocycles. The van der Waals surface area contributed by atoms with Crippen LogP contribution in [-0.4, -0.2) is 29.4 Å². The van der Waals surface area contributed by atoms with Crippen LogP contribution < -0.4 is 4.74 Å². The summed E-state index contributed by atoms with van der Waals surface area (Å²) in [4.78, 5) is 5.46. The highest BCUT2D eigenvalue weighted by Crippen LogP contribution is 2.43. The number of aliphatic hydroxyl groups excluding tert-OH is 1. The largest absolute Gasteiger partial charge is 0.497 e. The fourth-order valence-corrected chi connectivity index (χ4v) is 1.57. The number of methoxy groups -OCH3 is 1. The summed E-state index contributed by atoms with van der Waals surface area (Å²) in [5.41, 5.74) is 0.729. The number of ether oxygens (including phenoxy) is 1. The summed E-state index contributed by atoms with van der Waals surface area (Å²) in [6.45, 7) is 3.95. The van der Waals surface area contributed by atoms with Crippen LogP contribution in [0.4, 0.5) is 0 Å². The van der Waals surface area contributed by atoms with E-state index in [2.05, 4.69) is 0 Å². The second-order valence-corrected chi connectivity index (χ2v) is 4.53. The molecule has 1 aliphatic rings. The lowest BCUT2D eigenvalue weighted by Crippen LogP contribution is -2.34. The third-order valence-corrected chi connectivity index (χ3v) is 2.77. The van der Waals surface area contributed by atoms with Crippen LogP contribution in [0.1, 0.15) is 25.6 Å². The average molecular weight is 223 g/mol. The molecule has 1 aromatic rings. The van der Waals surface area contributed by atoms with Crippen molar-refractivity contribution in [2.45, 2.75) is 25.6 Å². The van der Waals surface area contributed by atoms with Crippen molar-refractivity contribution in [1.29, 1.82) is 0 Å². The van der Waals surface area contributed by atoms with Gasteiger partial charge in [-0.15, -0.1) is 5.06 Å².